The van der Waals surface area contributed by atoms with Crippen molar-refractivity contribution in [2.45, 2.75) is 26.2 Å². The maximum absolute atomic E-state index is 11.9. The van der Waals surface area contributed by atoms with E-state index in [9.17, 15) is 4.79 Å². The monoisotopic (exact) mass is 241 g/mol. The quantitative estimate of drug-likeness (QED) is 0.770. The van der Waals surface area contributed by atoms with Crippen LogP contribution in [0.1, 0.15) is 34.5 Å². The number of fused-ring (bicyclic) bond motifs is 2. The molecular formula is C15H15NO2. The highest BCUT2D eigenvalue weighted by Crippen LogP contribution is 2.35. The van der Waals surface area contributed by atoms with Crippen LogP contribution in [0.2, 0.25) is 0 Å². The van der Waals surface area contributed by atoms with E-state index in [0.717, 1.165) is 35.1 Å². The Morgan fingerprint density at radius 3 is 2.89 bits per heavy atom. The number of benzene rings is 1. The molecule has 0 saturated heterocycles. The summed E-state index contributed by atoms with van der Waals surface area (Å²) in [5.74, 6) is 0.962. The zero-order chi connectivity index (χ0) is 12.7. The number of ether oxygens (including phenoxy) is 1. The van der Waals surface area contributed by atoms with Gasteiger partial charge < -0.3 is 4.74 Å². The van der Waals surface area contributed by atoms with Crippen LogP contribution in [0.5, 0.6) is 5.75 Å². The van der Waals surface area contributed by atoms with Crippen LogP contribution in [-0.4, -0.2) is 17.9 Å². The van der Waals surface area contributed by atoms with Gasteiger partial charge in [0.1, 0.15) is 11.4 Å². The Hall–Kier alpha value is -1.90. The van der Waals surface area contributed by atoms with Gasteiger partial charge in [-0.05, 0) is 31.9 Å². The van der Waals surface area contributed by atoms with Crippen molar-refractivity contribution in [3.05, 3.63) is 35.0 Å². The van der Waals surface area contributed by atoms with E-state index in [1.54, 1.807) is 7.11 Å². The maximum atomic E-state index is 11.9. The highest BCUT2D eigenvalue weighted by molar-refractivity contribution is 6.01. The van der Waals surface area contributed by atoms with Gasteiger partial charge in [0.05, 0.1) is 12.6 Å². The number of pyridine rings is 1. The topological polar surface area (TPSA) is 39.2 Å². The van der Waals surface area contributed by atoms with Crippen molar-refractivity contribution in [2.24, 2.45) is 0 Å². The second-order valence-corrected chi connectivity index (χ2v) is 4.77. The van der Waals surface area contributed by atoms with Gasteiger partial charge in [-0.25, -0.2) is 4.98 Å². The molecule has 0 fully saturated rings. The van der Waals surface area contributed by atoms with Crippen molar-refractivity contribution in [2.75, 3.05) is 7.11 Å². The molecule has 0 bridgehead atoms. The van der Waals surface area contributed by atoms with Gasteiger partial charge in [0.2, 0.25) is 0 Å². The van der Waals surface area contributed by atoms with Crippen LogP contribution in [-0.2, 0) is 6.42 Å². The number of rotatable bonds is 1. The Bertz CT molecular complexity index is 646. The van der Waals surface area contributed by atoms with Gasteiger partial charge >= 0.3 is 0 Å². The molecule has 0 radical (unpaired) electrons. The smallest absolute Gasteiger partial charge is 0.181 e. The molecule has 0 aliphatic heterocycles. The standard InChI is InChI=1S/C15H15NO2/c1-9-6-7-12-11(8-9)15(18-2)10-4-3-5-13(17)14(10)16-12/h6-8H,3-5H2,1-2H3. The van der Waals surface area contributed by atoms with Crippen molar-refractivity contribution in [1.29, 1.82) is 0 Å². The largest absolute Gasteiger partial charge is 0.496 e. The molecule has 92 valence electrons. The maximum Gasteiger partial charge on any atom is 0.181 e. The Kier molecular flexibility index (Phi) is 2.54. The summed E-state index contributed by atoms with van der Waals surface area (Å²) in [4.78, 5) is 16.5. The number of carbonyl (C=O) groups excluding carboxylic acids is 1. The molecule has 1 aromatic heterocycles. The summed E-state index contributed by atoms with van der Waals surface area (Å²) in [6.45, 7) is 2.05. The van der Waals surface area contributed by atoms with Gasteiger partial charge in [-0.2, -0.15) is 0 Å². The van der Waals surface area contributed by atoms with Crippen LogP contribution in [0.3, 0.4) is 0 Å². The van der Waals surface area contributed by atoms with Gasteiger partial charge in [0.15, 0.2) is 5.78 Å². The van der Waals surface area contributed by atoms with Crippen molar-refractivity contribution in [3.8, 4) is 5.75 Å². The molecule has 2 aromatic rings. The molecule has 0 N–H and O–H groups in total. The van der Waals surface area contributed by atoms with E-state index in [1.807, 2.05) is 19.1 Å². The molecule has 3 nitrogen and oxygen atoms in total. The Morgan fingerprint density at radius 2 is 2.11 bits per heavy atom. The van der Waals surface area contributed by atoms with E-state index in [2.05, 4.69) is 11.1 Å². The Balaban J connectivity index is 2.39. The molecule has 1 heterocycles. The minimum Gasteiger partial charge on any atom is -0.496 e. The summed E-state index contributed by atoms with van der Waals surface area (Å²) in [6.07, 6.45) is 2.36. The van der Waals surface area contributed by atoms with E-state index in [-0.39, 0.29) is 5.78 Å². The lowest BCUT2D eigenvalue weighted by atomic mass is 9.92. The molecular weight excluding hydrogens is 226 g/mol. The minimum absolute atomic E-state index is 0.136. The first-order valence-electron chi connectivity index (χ1n) is 6.21. The average molecular weight is 241 g/mol. The molecule has 1 aromatic carbocycles. The van der Waals surface area contributed by atoms with Crippen LogP contribution >= 0.6 is 0 Å². The van der Waals surface area contributed by atoms with Crippen LogP contribution in [0.25, 0.3) is 10.9 Å². The lowest BCUT2D eigenvalue weighted by molar-refractivity contribution is 0.0967. The summed E-state index contributed by atoms with van der Waals surface area (Å²) in [7, 11) is 1.66. The molecule has 0 spiro atoms. The number of hydrogen-bond acceptors (Lipinski definition) is 3. The van der Waals surface area contributed by atoms with Gasteiger partial charge in [0.25, 0.3) is 0 Å². The van der Waals surface area contributed by atoms with E-state index >= 15 is 0 Å². The minimum atomic E-state index is 0.136. The van der Waals surface area contributed by atoms with Crippen LogP contribution in [0.15, 0.2) is 18.2 Å². The van der Waals surface area contributed by atoms with Crippen molar-refractivity contribution in [3.63, 3.8) is 0 Å². The molecule has 0 unspecified atom stereocenters. The highest BCUT2D eigenvalue weighted by Gasteiger charge is 2.24. The van der Waals surface area contributed by atoms with Crippen molar-refractivity contribution in [1.82, 2.24) is 4.98 Å². The number of ketones is 1. The van der Waals surface area contributed by atoms with E-state index < -0.39 is 0 Å². The lowest BCUT2D eigenvalue weighted by Gasteiger charge is -2.19. The molecule has 0 saturated carbocycles. The fraction of sp³-hybridized carbons (Fsp3) is 0.333. The third-order valence-corrected chi connectivity index (χ3v) is 3.49. The molecule has 3 heteroatoms. The normalized spacial score (nSPS) is 14.7. The fourth-order valence-electron chi connectivity index (χ4n) is 2.63. The van der Waals surface area contributed by atoms with E-state index in [1.165, 1.54) is 5.56 Å². The number of aromatic nitrogens is 1. The number of carbonyl (C=O) groups is 1. The van der Waals surface area contributed by atoms with Gasteiger partial charge in [-0.3, -0.25) is 4.79 Å². The van der Waals surface area contributed by atoms with Crippen molar-refractivity contribution < 1.29 is 9.53 Å². The predicted molar refractivity (Wildman–Crippen MR) is 70.3 cm³/mol. The fourth-order valence-corrected chi connectivity index (χ4v) is 2.63. The van der Waals surface area contributed by atoms with Gasteiger partial charge in [-0.15, -0.1) is 0 Å². The summed E-state index contributed by atoms with van der Waals surface area (Å²) >= 11 is 0. The third kappa shape index (κ3) is 1.58. The molecule has 0 atom stereocenters. The Morgan fingerprint density at radius 1 is 1.28 bits per heavy atom. The predicted octanol–water partition coefficient (Wildman–Crippen LogP) is 3.07. The molecule has 1 aliphatic carbocycles. The van der Waals surface area contributed by atoms with E-state index in [0.29, 0.717) is 12.1 Å². The second-order valence-electron chi connectivity index (χ2n) is 4.77. The number of Topliss-reactive ketones (excluding diaryl/α,β-unsaturated/α-hetero) is 1. The van der Waals surface area contributed by atoms with Crippen LogP contribution in [0, 0.1) is 6.92 Å². The molecule has 18 heavy (non-hydrogen) atoms. The zero-order valence-electron chi connectivity index (χ0n) is 10.6. The van der Waals surface area contributed by atoms with E-state index in [4.69, 9.17) is 4.74 Å². The number of methoxy groups -OCH3 is 1. The van der Waals surface area contributed by atoms with Gasteiger partial charge in [-0.1, -0.05) is 11.6 Å². The highest BCUT2D eigenvalue weighted by atomic mass is 16.5. The summed E-state index contributed by atoms with van der Waals surface area (Å²) in [5.41, 5.74) is 3.59. The molecule has 1 aliphatic rings. The summed E-state index contributed by atoms with van der Waals surface area (Å²) in [6, 6.07) is 6.03. The van der Waals surface area contributed by atoms with Crippen LogP contribution < -0.4 is 4.74 Å². The second kappa shape index (κ2) is 4.09. The van der Waals surface area contributed by atoms with Crippen LogP contribution in [0.4, 0.5) is 0 Å². The number of aryl methyl sites for hydroxylation is 1. The first-order valence-corrected chi connectivity index (χ1v) is 6.21. The van der Waals surface area contributed by atoms with Gasteiger partial charge in [0, 0.05) is 17.4 Å². The third-order valence-electron chi connectivity index (χ3n) is 3.49. The lowest BCUT2D eigenvalue weighted by Crippen LogP contribution is -2.14. The SMILES string of the molecule is COc1c2c(nc3ccc(C)cc13)C(=O)CCC2. The zero-order valence-corrected chi connectivity index (χ0v) is 10.6. The number of nitrogens with zero attached hydrogens (tertiary/aromatic N) is 1. The summed E-state index contributed by atoms with van der Waals surface area (Å²) in [5, 5.41) is 1.01. The Labute approximate surface area is 106 Å². The first-order chi connectivity index (χ1) is 8.70. The molecule has 0 amide bonds. The first kappa shape index (κ1) is 11.2. The summed E-state index contributed by atoms with van der Waals surface area (Å²) < 4.78 is 5.54. The van der Waals surface area contributed by atoms with Crippen molar-refractivity contribution >= 4 is 16.7 Å². The molecule has 3 rings (SSSR count). The average Bonchev–Trinajstić information content (AvgIpc) is 2.37. The number of hydrogen-bond donors (Lipinski definition) is 0.